The van der Waals surface area contributed by atoms with Crippen LogP contribution in [0.3, 0.4) is 0 Å². The molecule has 1 N–H and O–H groups in total. The van der Waals surface area contributed by atoms with E-state index in [1.807, 2.05) is 48.3 Å². The number of likely N-dealkylation sites (tertiary alicyclic amines) is 1. The maximum absolute atomic E-state index is 12.8. The van der Waals surface area contributed by atoms with Crippen molar-refractivity contribution < 1.29 is 9.53 Å². The number of hydrogen-bond acceptors (Lipinski definition) is 3. The van der Waals surface area contributed by atoms with Gasteiger partial charge >= 0.3 is 6.03 Å². The van der Waals surface area contributed by atoms with E-state index < -0.39 is 0 Å². The van der Waals surface area contributed by atoms with Gasteiger partial charge < -0.3 is 19.9 Å². The molecule has 1 fully saturated rings. The van der Waals surface area contributed by atoms with Gasteiger partial charge in [-0.15, -0.1) is 0 Å². The molecule has 0 aromatic heterocycles. The molecule has 2 amide bonds. The number of hydrogen-bond donors (Lipinski definition) is 1. The van der Waals surface area contributed by atoms with Crippen molar-refractivity contribution >= 4 is 17.4 Å². The molecule has 25 heavy (non-hydrogen) atoms. The molecule has 130 valence electrons. The predicted molar refractivity (Wildman–Crippen MR) is 99.3 cm³/mol. The minimum atomic E-state index is -0.0364. The Kier molecular flexibility index (Phi) is 4.22. The summed E-state index contributed by atoms with van der Waals surface area (Å²) < 4.78 is 5.66. The highest BCUT2D eigenvalue weighted by Gasteiger charge is 2.30. The Morgan fingerprint density at radius 3 is 2.84 bits per heavy atom. The Hall–Kier alpha value is -2.69. The molecule has 0 saturated carbocycles. The van der Waals surface area contributed by atoms with Crippen molar-refractivity contribution in [3.8, 4) is 5.75 Å². The number of carbonyl (C=O) groups excluding carboxylic acids is 1. The van der Waals surface area contributed by atoms with E-state index in [0.29, 0.717) is 6.61 Å². The second kappa shape index (κ2) is 6.67. The first-order valence-corrected chi connectivity index (χ1v) is 8.83. The maximum Gasteiger partial charge on any atom is 0.322 e. The monoisotopic (exact) mass is 337 g/mol. The van der Waals surface area contributed by atoms with Crippen LogP contribution in [0.1, 0.15) is 24.4 Å². The lowest BCUT2D eigenvalue weighted by Gasteiger charge is -2.29. The Balaban J connectivity index is 1.51. The molecule has 1 unspecified atom stereocenters. The van der Waals surface area contributed by atoms with Gasteiger partial charge in [-0.05, 0) is 36.6 Å². The third kappa shape index (κ3) is 3.14. The van der Waals surface area contributed by atoms with Gasteiger partial charge in [0.15, 0.2) is 0 Å². The Labute approximate surface area is 148 Å². The van der Waals surface area contributed by atoms with Gasteiger partial charge in [0.05, 0.1) is 18.3 Å². The number of rotatable bonds is 2. The van der Waals surface area contributed by atoms with Gasteiger partial charge in [0.1, 0.15) is 12.4 Å². The van der Waals surface area contributed by atoms with Crippen molar-refractivity contribution in [3.63, 3.8) is 0 Å². The molecule has 0 aliphatic carbocycles. The lowest BCUT2D eigenvalue weighted by atomic mass is 10.1. The van der Waals surface area contributed by atoms with Crippen LogP contribution < -0.4 is 15.0 Å². The lowest BCUT2D eigenvalue weighted by molar-refractivity contribution is 0.207. The minimum absolute atomic E-state index is 0.0364. The number of nitrogens with zero attached hydrogens (tertiary/aromatic N) is 2. The van der Waals surface area contributed by atoms with E-state index in [1.54, 1.807) is 0 Å². The Bertz CT molecular complexity index is 763. The van der Waals surface area contributed by atoms with E-state index in [-0.39, 0.29) is 12.1 Å². The number of benzene rings is 2. The largest absolute Gasteiger partial charge is 0.490 e. The molecular formula is C20H23N3O2. The molecule has 5 nitrogen and oxygen atoms in total. The summed E-state index contributed by atoms with van der Waals surface area (Å²) in [6, 6.07) is 16.2. The van der Waals surface area contributed by atoms with Crippen molar-refractivity contribution in [1.82, 2.24) is 4.90 Å². The molecule has 2 heterocycles. The van der Waals surface area contributed by atoms with Crippen molar-refractivity contribution in [1.29, 1.82) is 0 Å². The smallest absolute Gasteiger partial charge is 0.322 e. The predicted octanol–water partition coefficient (Wildman–Crippen LogP) is 3.88. The Morgan fingerprint density at radius 1 is 1.16 bits per heavy atom. The minimum Gasteiger partial charge on any atom is -0.490 e. The van der Waals surface area contributed by atoms with Gasteiger partial charge in [0.2, 0.25) is 0 Å². The fourth-order valence-corrected chi connectivity index (χ4v) is 3.66. The van der Waals surface area contributed by atoms with E-state index in [0.717, 1.165) is 43.1 Å². The first kappa shape index (κ1) is 15.8. The number of amides is 2. The highest BCUT2D eigenvalue weighted by molar-refractivity contribution is 5.91. The van der Waals surface area contributed by atoms with Gasteiger partial charge in [0, 0.05) is 19.3 Å². The molecule has 5 heteroatoms. The summed E-state index contributed by atoms with van der Waals surface area (Å²) >= 11 is 0. The van der Waals surface area contributed by atoms with Crippen LogP contribution in [0.5, 0.6) is 5.75 Å². The summed E-state index contributed by atoms with van der Waals surface area (Å²) in [6.07, 6.45) is 2.05. The van der Waals surface area contributed by atoms with Crippen LogP contribution in [0.2, 0.25) is 0 Å². The average molecular weight is 337 g/mol. The van der Waals surface area contributed by atoms with E-state index in [2.05, 4.69) is 22.3 Å². The molecule has 2 aliphatic rings. The fraction of sp³-hybridized carbons (Fsp3) is 0.350. The van der Waals surface area contributed by atoms with Crippen LogP contribution in [-0.2, 0) is 0 Å². The van der Waals surface area contributed by atoms with Crippen molar-refractivity contribution in [2.75, 3.05) is 37.0 Å². The zero-order valence-corrected chi connectivity index (χ0v) is 14.4. The van der Waals surface area contributed by atoms with Crippen LogP contribution in [0.4, 0.5) is 16.2 Å². The van der Waals surface area contributed by atoms with Gasteiger partial charge in [-0.1, -0.05) is 30.3 Å². The highest BCUT2D eigenvalue weighted by Crippen LogP contribution is 2.35. The summed E-state index contributed by atoms with van der Waals surface area (Å²) in [4.78, 5) is 16.9. The molecule has 0 spiro atoms. The first-order valence-electron chi connectivity index (χ1n) is 8.83. The molecule has 4 rings (SSSR count). The lowest BCUT2D eigenvalue weighted by Crippen LogP contribution is -2.34. The van der Waals surface area contributed by atoms with Crippen molar-refractivity contribution in [2.24, 2.45) is 0 Å². The quantitative estimate of drug-likeness (QED) is 0.904. The van der Waals surface area contributed by atoms with Gasteiger partial charge in [0.25, 0.3) is 0 Å². The van der Waals surface area contributed by atoms with Crippen molar-refractivity contribution in [2.45, 2.75) is 18.9 Å². The maximum atomic E-state index is 12.8. The SMILES string of the molecule is CN1CCOc2ccc(NC(=O)N3CCCC3c3ccccc3)cc21. The summed E-state index contributed by atoms with van der Waals surface area (Å²) in [7, 11) is 2.04. The highest BCUT2D eigenvalue weighted by atomic mass is 16.5. The molecule has 0 bridgehead atoms. The summed E-state index contributed by atoms with van der Waals surface area (Å²) in [5, 5.41) is 3.06. The van der Waals surface area contributed by atoms with Crippen LogP contribution in [0.25, 0.3) is 0 Å². The van der Waals surface area contributed by atoms with E-state index in [1.165, 1.54) is 5.56 Å². The number of urea groups is 1. The molecule has 2 aliphatic heterocycles. The molecule has 2 aromatic rings. The number of fused-ring (bicyclic) bond motifs is 1. The fourth-order valence-electron chi connectivity index (χ4n) is 3.66. The van der Waals surface area contributed by atoms with Crippen LogP contribution in [0.15, 0.2) is 48.5 Å². The zero-order valence-electron chi connectivity index (χ0n) is 14.4. The molecule has 2 aromatic carbocycles. The number of carbonyl (C=O) groups is 1. The zero-order chi connectivity index (χ0) is 17.2. The van der Waals surface area contributed by atoms with Gasteiger partial charge in [-0.25, -0.2) is 4.79 Å². The first-order chi connectivity index (χ1) is 12.2. The number of ether oxygens (including phenoxy) is 1. The van der Waals surface area contributed by atoms with E-state index in [4.69, 9.17) is 4.74 Å². The summed E-state index contributed by atoms with van der Waals surface area (Å²) in [6.45, 7) is 2.34. The van der Waals surface area contributed by atoms with Gasteiger partial charge in [-0.3, -0.25) is 0 Å². The van der Waals surface area contributed by atoms with Crippen LogP contribution in [0, 0.1) is 0 Å². The van der Waals surface area contributed by atoms with E-state index >= 15 is 0 Å². The van der Waals surface area contributed by atoms with Crippen LogP contribution in [-0.4, -0.2) is 37.7 Å². The average Bonchev–Trinajstić information content (AvgIpc) is 3.13. The summed E-state index contributed by atoms with van der Waals surface area (Å²) in [5.74, 6) is 0.870. The van der Waals surface area contributed by atoms with Crippen LogP contribution >= 0.6 is 0 Å². The standard InChI is InChI=1S/C20H23N3O2/c1-22-12-13-25-19-10-9-16(14-18(19)22)21-20(24)23-11-5-8-17(23)15-6-3-2-4-7-15/h2-4,6-7,9-10,14,17H,5,8,11-13H2,1H3,(H,21,24). The molecule has 0 radical (unpaired) electrons. The number of anilines is 2. The van der Waals surface area contributed by atoms with Crippen molar-refractivity contribution in [3.05, 3.63) is 54.1 Å². The molecule has 1 atom stereocenters. The normalized spacial score (nSPS) is 19.3. The topological polar surface area (TPSA) is 44.8 Å². The summed E-state index contributed by atoms with van der Waals surface area (Å²) in [5.41, 5.74) is 3.03. The Morgan fingerprint density at radius 2 is 2.00 bits per heavy atom. The third-order valence-electron chi connectivity index (χ3n) is 5.00. The van der Waals surface area contributed by atoms with Gasteiger partial charge in [-0.2, -0.15) is 0 Å². The molecule has 1 saturated heterocycles. The number of likely N-dealkylation sites (N-methyl/N-ethyl adjacent to an activating group) is 1. The second-order valence-corrected chi connectivity index (χ2v) is 6.64. The third-order valence-corrected chi connectivity index (χ3v) is 5.00. The second-order valence-electron chi connectivity index (χ2n) is 6.64. The molecular weight excluding hydrogens is 314 g/mol. The number of nitrogens with one attached hydrogen (secondary N) is 1. The van der Waals surface area contributed by atoms with E-state index in [9.17, 15) is 4.79 Å².